The van der Waals surface area contributed by atoms with Gasteiger partial charge in [-0.15, -0.1) is 0 Å². The van der Waals surface area contributed by atoms with Gasteiger partial charge in [0, 0.05) is 10.5 Å². The minimum absolute atomic E-state index is 0.623. The third-order valence-electron chi connectivity index (χ3n) is 2.81. The Morgan fingerprint density at radius 3 is 2.50 bits per heavy atom. The van der Waals surface area contributed by atoms with E-state index in [-0.39, 0.29) is 0 Å². The van der Waals surface area contributed by atoms with Gasteiger partial charge < -0.3 is 15.2 Å². The van der Waals surface area contributed by atoms with Crippen LogP contribution in [0.2, 0.25) is 0 Å². The number of nitrogen functional groups attached to an aromatic ring is 1. The fourth-order valence-corrected chi connectivity index (χ4v) is 1.98. The number of anilines is 1. The van der Waals surface area contributed by atoms with Crippen molar-refractivity contribution in [1.82, 2.24) is 0 Å². The van der Waals surface area contributed by atoms with Gasteiger partial charge in [-0.3, -0.25) is 0 Å². The van der Waals surface area contributed by atoms with Crippen LogP contribution in [0.3, 0.4) is 0 Å². The third kappa shape index (κ3) is 3.67. The van der Waals surface area contributed by atoms with E-state index in [0.717, 1.165) is 22.2 Å². The van der Waals surface area contributed by atoms with Crippen LogP contribution in [0.15, 0.2) is 40.9 Å². The minimum atomic E-state index is 0.623. The lowest BCUT2D eigenvalue weighted by molar-refractivity contribution is 0.317. The maximum absolute atomic E-state index is 5.88. The molecule has 2 aromatic rings. The number of benzene rings is 2. The van der Waals surface area contributed by atoms with E-state index < -0.39 is 0 Å². The fraction of sp³-hybridized carbons (Fsp3) is 0.250. The monoisotopic (exact) mass is 335 g/mol. The van der Waals surface area contributed by atoms with Crippen LogP contribution in [0.25, 0.3) is 0 Å². The largest absolute Gasteiger partial charge is 0.491 e. The molecule has 0 heterocycles. The van der Waals surface area contributed by atoms with E-state index in [1.54, 1.807) is 6.07 Å². The van der Waals surface area contributed by atoms with Gasteiger partial charge in [-0.1, -0.05) is 22.9 Å². The number of hydrogen-bond donors (Lipinski definition) is 1. The standard InChI is InChI=1S/C16H18BrNO2/c1-3-8-19-16-10-13(5-7-15(16)18)20-12-4-6-14(17)11(2)9-12/h4-7,9-10H,3,8,18H2,1-2H3. The van der Waals surface area contributed by atoms with Crippen molar-refractivity contribution in [3.8, 4) is 17.2 Å². The van der Waals surface area contributed by atoms with Crippen LogP contribution >= 0.6 is 15.9 Å². The molecule has 2 aromatic carbocycles. The van der Waals surface area contributed by atoms with Gasteiger partial charge in [-0.25, -0.2) is 0 Å². The molecule has 2 N–H and O–H groups in total. The van der Waals surface area contributed by atoms with E-state index in [1.165, 1.54) is 0 Å². The second-order valence-corrected chi connectivity index (χ2v) is 5.42. The topological polar surface area (TPSA) is 44.5 Å². The Morgan fingerprint density at radius 1 is 1.10 bits per heavy atom. The Bertz CT molecular complexity index is 599. The molecule has 0 bridgehead atoms. The van der Waals surface area contributed by atoms with E-state index in [4.69, 9.17) is 15.2 Å². The molecule has 0 saturated carbocycles. The zero-order valence-corrected chi connectivity index (χ0v) is 13.2. The van der Waals surface area contributed by atoms with E-state index in [2.05, 4.69) is 22.9 Å². The molecule has 0 saturated heterocycles. The van der Waals surface area contributed by atoms with Gasteiger partial charge in [0.1, 0.15) is 17.2 Å². The maximum atomic E-state index is 5.88. The summed E-state index contributed by atoms with van der Waals surface area (Å²) in [5.41, 5.74) is 7.63. The maximum Gasteiger partial charge on any atom is 0.145 e. The smallest absolute Gasteiger partial charge is 0.145 e. The van der Waals surface area contributed by atoms with Gasteiger partial charge in [0.2, 0.25) is 0 Å². The Kier molecular flexibility index (Phi) is 4.90. The predicted octanol–water partition coefficient (Wildman–Crippen LogP) is 4.92. The molecule has 2 rings (SSSR count). The lowest BCUT2D eigenvalue weighted by Gasteiger charge is -2.11. The highest BCUT2D eigenvalue weighted by Gasteiger charge is 2.05. The van der Waals surface area contributed by atoms with E-state index >= 15 is 0 Å². The molecule has 0 amide bonds. The molecule has 0 aliphatic heterocycles. The van der Waals surface area contributed by atoms with Crippen molar-refractivity contribution >= 4 is 21.6 Å². The molecule has 0 aliphatic rings. The Morgan fingerprint density at radius 2 is 1.80 bits per heavy atom. The number of hydrogen-bond acceptors (Lipinski definition) is 3. The molecule has 0 spiro atoms. The molecule has 0 fully saturated rings. The number of ether oxygens (including phenoxy) is 2. The highest BCUT2D eigenvalue weighted by atomic mass is 79.9. The lowest BCUT2D eigenvalue weighted by Crippen LogP contribution is -1.99. The van der Waals surface area contributed by atoms with Gasteiger partial charge in [0.25, 0.3) is 0 Å². The summed E-state index contributed by atoms with van der Waals surface area (Å²) in [6.07, 6.45) is 0.941. The normalized spacial score (nSPS) is 10.3. The average Bonchev–Trinajstić information content (AvgIpc) is 2.43. The molecule has 4 heteroatoms. The van der Waals surface area contributed by atoms with Gasteiger partial charge in [-0.05, 0) is 49.2 Å². The van der Waals surface area contributed by atoms with Crippen molar-refractivity contribution in [2.75, 3.05) is 12.3 Å². The Hall–Kier alpha value is -1.68. The first-order valence-electron chi connectivity index (χ1n) is 6.56. The number of aryl methyl sites for hydroxylation is 1. The van der Waals surface area contributed by atoms with Crippen LogP contribution in [-0.4, -0.2) is 6.61 Å². The summed E-state index contributed by atoms with van der Waals surface area (Å²) in [6.45, 7) is 4.72. The van der Waals surface area contributed by atoms with Crippen molar-refractivity contribution in [1.29, 1.82) is 0 Å². The predicted molar refractivity (Wildman–Crippen MR) is 85.6 cm³/mol. The van der Waals surface area contributed by atoms with Gasteiger partial charge in [0.15, 0.2) is 0 Å². The van der Waals surface area contributed by atoms with Gasteiger partial charge in [0.05, 0.1) is 12.3 Å². The summed E-state index contributed by atoms with van der Waals surface area (Å²) in [5, 5.41) is 0. The zero-order chi connectivity index (χ0) is 14.5. The summed E-state index contributed by atoms with van der Waals surface area (Å²) in [4.78, 5) is 0. The van der Waals surface area contributed by atoms with Crippen LogP contribution in [0.4, 0.5) is 5.69 Å². The molecule has 0 radical (unpaired) electrons. The first-order valence-corrected chi connectivity index (χ1v) is 7.35. The molecule has 3 nitrogen and oxygen atoms in total. The Balaban J connectivity index is 2.18. The minimum Gasteiger partial charge on any atom is -0.491 e. The molecule has 0 unspecified atom stereocenters. The van der Waals surface area contributed by atoms with E-state index in [0.29, 0.717) is 23.8 Å². The quantitative estimate of drug-likeness (QED) is 0.788. The highest BCUT2D eigenvalue weighted by Crippen LogP contribution is 2.31. The summed E-state index contributed by atoms with van der Waals surface area (Å²) >= 11 is 3.47. The summed E-state index contributed by atoms with van der Waals surface area (Å²) < 4.78 is 12.5. The molecule has 106 valence electrons. The SMILES string of the molecule is CCCOc1cc(Oc2ccc(Br)c(C)c2)ccc1N. The van der Waals surface area contributed by atoms with E-state index in [1.807, 2.05) is 37.3 Å². The summed E-state index contributed by atoms with van der Waals surface area (Å²) in [6, 6.07) is 11.3. The molecular weight excluding hydrogens is 318 g/mol. The number of nitrogens with two attached hydrogens (primary N) is 1. The van der Waals surface area contributed by atoms with E-state index in [9.17, 15) is 0 Å². The Labute approximate surface area is 127 Å². The molecular formula is C16H18BrNO2. The fourth-order valence-electron chi connectivity index (χ4n) is 1.73. The third-order valence-corrected chi connectivity index (χ3v) is 3.70. The lowest BCUT2D eigenvalue weighted by atomic mass is 10.2. The summed E-state index contributed by atoms with van der Waals surface area (Å²) in [7, 11) is 0. The van der Waals surface area contributed by atoms with Gasteiger partial charge >= 0.3 is 0 Å². The van der Waals surface area contributed by atoms with Crippen LogP contribution in [0, 0.1) is 6.92 Å². The van der Waals surface area contributed by atoms with Crippen LogP contribution in [-0.2, 0) is 0 Å². The highest BCUT2D eigenvalue weighted by molar-refractivity contribution is 9.10. The first kappa shape index (κ1) is 14.7. The van der Waals surface area contributed by atoms with Crippen LogP contribution in [0.1, 0.15) is 18.9 Å². The van der Waals surface area contributed by atoms with Crippen LogP contribution < -0.4 is 15.2 Å². The average molecular weight is 336 g/mol. The zero-order valence-electron chi connectivity index (χ0n) is 11.7. The van der Waals surface area contributed by atoms with Crippen molar-refractivity contribution in [3.05, 3.63) is 46.4 Å². The van der Waals surface area contributed by atoms with Crippen molar-refractivity contribution in [3.63, 3.8) is 0 Å². The van der Waals surface area contributed by atoms with Crippen molar-refractivity contribution < 1.29 is 9.47 Å². The molecule has 0 aromatic heterocycles. The second kappa shape index (κ2) is 6.66. The molecule has 20 heavy (non-hydrogen) atoms. The van der Waals surface area contributed by atoms with Gasteiger partial charge in [-0.2, -0.15) is 0 Å². The van der Waals surface area contributed by atoms with Crippen molar-refractivity contribution in [2.45, 2.75) is 20.3 Å². The van der Waals surface area contributed by atoms with Crippen molar-refractivity contribution in [2.24, 2.45) is 0 Å². The second-order valence-electron chi connectivity index (χ2n) is 4.56. The number of halogens is 1. The van der Waals surface area contributed by atoms with Crippen LogP contribution in [0.5, 0.6) is 17.2 Å². The first-order chi connectivity index (χ1) is 9.60. The summed E-state index contributed by atoms with van der Waals surface area (Å²) in [5.74, 6) is 2.17. The molecule has 0 aliphatic carbocycles. The molecule has 0 atom stereocenters. The number of rotatable bonds is 5.